The molecule has 0 saturated carbocycles. The van der Waals surface area contributed by atoms with Crippen molar-refractivity contribution in [3.05, 3.63) is 105 Å². The second-order valence-electron chi connectivity index (χ2n) is 10.8. The molecule has 1 aliphatic rings. The first kappa shape index (κ1) is 27.9. The van der Waals surface area contributed by atoms with Crippen LogP contribution in [0.1, 0.15) is 23.4 Å². The number of hydrogen-bond donors (Lipinski definition) is 1. The number of halogens is 1. The van der Waals surface area contributed by atoms with Crippen LogP contribution in [0.25, 0.3) is 16.7 Å². The van der Waals surface area contributed by atoms with Crippen LogP contribution in [0.15, 0.2) is 77.6 Å². The summed E-state index contributed by atoms with van der Waals surface area (Å²) >= 11 is 6.15. The Hall–Kier alpha value is -4.21. The van der Waals surface area contributed by atoms with Crippen molar-refractivity contribution in [2.45, 2.75) is 26.3 Å². The van der Waals surface area contributed by atoms with Crippen LogP contribution in [-0.2, 0) is 17.8 Å². The van der Waals surface area contributed by atoms with Crippen LogP contribution in [0, 0.1) is 6.92 Å². The second-order valence-corrected chi connectivity index (χ2v) is 11.2. The van der Waals surface area contributed by atoms with Gasteiger partial charge in [-0.1, -0.05) is 59.6 Å². The average Bonchev–Trinajstić information content (AvgIpc) is 3.43. The Morgan fingerprint density at radius 3 is 2.52 bits per heavy atom. The van der Waals surface area contributed by atoms with Crippen LogP contribution in [0.2, 0.25) is 5.02 Å². The molecule has 6 rings (SSSR count). The van der Waals surface area contributed by atoms with Gasteiger partial charge in [-0.05, 0) is 42.8 Å². The van der Waals surface area contributed by atoms with Gasteiger partial charge in [-0.2, -0.15) is 0 Å². The van der Waals surface area contributed by atoms with Gasteiger partial charge < -0.3 is 10.2 Å². The van der Waals surface area contributed by atoms with Crippen LogP contribution >= 0.6 is 11.6 Å². The van der Waals surface area contributed by atoms with Gasteiger partial charge in [-0.15, -0.1) is 10.2 Å². The summed E-state index contributed by atoms with van der Waals surface area (Å²) in [7, 11) is 0. The predicted octanol–water partition coefficient (Wildman–Crippen LogP) is 3.93. The molecule has 0 aliphatic carbocycles. The van der Waals surface area contributed by atoms with E-state index in [0.717, 1.165) is 60.1 Å². The number of carbonyl (C=O) groups is 1. The normalized spacial score (nSPS) is 14.1. The number of aryl methyl sites for hydroxylation is 2. The summed E-state index contributed by atoms with van der Waals surface area (Å²) in [6.07, 6.45) is 0.701. The van der Waals surface area contributed by atoms with E-state index in [1.54, 1.807) is 4.57 Å². The van der Waals surface area contributed by atoms with E-state index in [2.05, 4.69) is 31.4 Å². The minimum Gasteiger partial charge on any atom is -0.369 e. The van der Waals surface area contributed by atoms with E-state index in [4.69, 9.17) is 11.6 Å². The molecule has 3 aromatic carbocycles. The molecule has 42 heavy (non-hydrogen) atoms. The highest BCUT2D eigenvalue weighted by Gasteiger charge is 2.19. The Kier molecular flexibility index (Phi) is 8.21. The van der Waals surface area contributed by atoms with Gasteiger partial charge in [0, 0.05) is 62.8 Å². The fourth-order valence-electron chi connectivity index (χ4n) is 5.56. The van der Waals surface area contributed by atoms with E-state index < -0.39 is 0 Å². The number of nitrogens with zero attached hydrogens (tertiary/aromatic N) is 6. The summed E-state index contributed by atoms with van der Waals surface area (Å²) in [6.45, 7) is 7.55. The Morgan fingerprint density at radius 2 is 1.74 bits per heavy atom. The quantitative estimate of drug-likeness (QED) is 0.283. The van der Waals surface area contributed by atoms with E-state index >= 15 is 0 Å². The first-order valence-corrected chi connectivity index (χ1v) is 14.7. The summed E-state index contributed by atoms with van der Waals surface area (Å²) < 4.78 is 3.58. The molecule has 3 heterocycles. The Balaban J connectivity index is 1.08. The predicted molar refractivity (Wildman–Crippen MR) is 166 cm³/mol. The molecule has 9 nitrogen and oxygen atoms in total. The maximum atomic E-state index is 13.4. The highest BCUT2D eigenvalue weighted by atomic mass is 35.5. The van der Waals surface area contributed by atoms with Crippen molar-refractivity contribution in [1.82, 2.24) is 29.4 Å². The van der Waals surface area contributed by atoms with Crippen LogP contribution in [0.5, 0.6) is 0 Å². The number of hydrogen-bond acceptors (Lipinski definition) is 6. The van der Waals surface area contributed by atoms with Gasteiger partial charge in [0.25, 0.3) is 5.56 Å². The molecule has 2 aromatic heterocycles. The molecule has 5 aromatic rings. The molecule has 0 spiro atoms. The third-order valence-corrected chi connectivity index (χ3v) is 8.14. The zero-order valence-corrected chi connectivity index (χ0v) is 24.4. The lowest BCUT2D eigenvalue weighted by Crippen LogP contribution is -2.48. The summed E-state index contributed by atoms with van der Waals surface area (Å²) in [4.78, 5) is 30.9. The molecule has 216 valence electrons. The highest BCUT2D eigenvalue weighted by Crippen LogP contribution is 2.21. The van der Waals surface area contributed by atoms with Crippen molar-refractivity contribution in [3.63, 3.8) is 0 Å². The molecule has 1 amide bonds. The zero-order chi connectivity index (χ0) is 29.1. The zero-order valence-electron chi connectivity index (χ0n) is 23.7. The molecule has 10 heteroatoms. The van der Waals surface area contributed by atoms with E-state index in [9.17, 15) is 9.59 Å². The van der Waals surface area contributed by atoms with E-state index in [1.807, 2.05) is 78.1 Å². The van der Waals surface area contributed by atoms with Crippen LogP contribution < -0.4 is 15.8 Å². The van der Waals surface area contributed by atoms with Gasteiger partial charge in [-0.3, -0.25) is 23.5 Å². The first-order chi connectivity index (χ1) is 20.5. The third-order valence-electron chi connectivity index (χ3n) is 7.91. The standard InChI is InChI=1S/C32H34ClN7O2/c1-23-9-11-24(12-10-23)22-39-31(42)27-7-2-3-8-28(27)40-29(35-36-32(39)40)13-14-30(41)34-15-16-37-17-19-38(20-18-37)26-6-4-5-25(33)21-26/h2-12,21H,13-20,22H2,1H3,(H,34,41). The number of anilines is 1. The van der Waals surface area contributed by atoms with Crippen molar-refractivity contribution >= 4 is 39.9 Å². The monoisotopic (exact) mass is 583 g/mol. The van der Waals surface area contributed by atoms with E-state index in [-0.39, 0.29) is 17.9 Å². The van der Waals surface area contributed by atoms with Gasteiger partial charge in [0.2, 0.25) is 11.7 Å². The van der Waals surface area contributed by atoms with E-state index in [0.29, 0.717) is 36.5 Å². The van der Waals surface area contributed by atoms with Gasteiger partial charge in [0.05, 0.1) is 17.4 Å². The number of carbonyl (C=O) groups excluding carboxylic acids is 1. The summed E-state index contributed by atoms with van der Waals surface area (Å²) in [5.74, 6) is 1.11. The fourth-order valence-corrected chi connectivity index (χ4v) is 5.75. The smallest absolute Gasteiger partial charge is 0.263 e. The number of para-hydroxylation sites is 1. The van der Waals surface area contributed by atoms with Gasteiger partial charge in [-0.25, -0.2) is 0 Å². The molecule has 0 atom stereocenters. The number of piperazine rings is 1. The lowest BCUT2D eigenvalue weighted by atomic mass is 10.1. The molecule has 1 saturated heterocycles. The van der Waals surface area contributed by atoms with E-state index in [1.165, 1.54) is 0 Å². The lowest BCUT2D eigenvalue weighted by molar-refractivity contribution is -0.121. The molecule has 0 bridgehead atoms. The van der Waals surface area contributed by atoms with Gasteiger partial charge >= 0.3 is 0 Å². The molecule has 1 fully saturated rings. The van der Waals surface area contributed by atoms with Crippen LogP contribution in [0.4, 0.5) is 5.69 Å². The SMILES string of the molecule is Cc1ccc(Cn2c(=O)c3ccccc3n3c(CCC(=O)NCCN4CCN(c5cccc(Cl)c5)CC4)nnc23)cc1. The summed E-state index contributed by atoms with van der Waals surface area (Å²) in [5.41, 5.74) is 3.96. The Morgan fingerprint density at radius 1 is 0.952 bits per heavy atom. The molecule has 1 aliphatic heterocycles. The van der Waals surface area contributed by atoms with Crippen molar-refractivity contribution in [2.24, 2.45) is 0 Å². The minimum absolute atomic E-state index is 0.0263. The van der Waals surface area contributed by atoms with Crippen molar-refractivity contribution in [3.8, 4) is 0 Å². The van der Waals surface area contributed by atoms with Crippen LogP contribution in [0.3, 0.4) is 0 Å². The number of rotatable bonds is 9. The number of nitrogens with one attached hydrogen (secondary N) is 1. The first-order valence-electron chi connectivity index (χ1n) is 14.4. The van der Waals surface area contributed by atoms with Crippen LogP contribution in [-0.4, -0.2) is 69.2 Å². The second kappa shape index (κ2) is 12.3. The number of fused-ring (bicyclic) bond motifs is 3. The summed E-state index contributed by atoms with van der Waals surface area (Å²) in [5, 5.41) is 13.2. The molecular formula is C32H34ClN7O2. The van der Waals surface area contributed by atoms with Crippen molar-refractivity contribution in [2.75, 3.05) is 44.2 Å². The van der Waals surface area contributed by atoms with Gasteiger partial charge in [0.15, 0.2) is 0 Å². The van der Waals surface area contributed by atoms with Crippen molar-refractivity contribution in [1.29, 1.82) is 0 Å². The van der Waals surface area contributed by atoms with Crippen molar-refractivity contribution < 1.29 is 4.79 Å². The molecule has 0 radical (unpaired) electrons. The Bertz CT molecular complexity index is 1770. The largest absolute Gasteiger partial charge is 0.369 e. The maximum Gasteiger partial charge on any atom is 0.263 e. The lowest BCUT2D eigenvalue weighted by Gasteiger charge is -2.36. The number of amides is 1. The minimum atomic E-state index is -0.108. The molecular weight excluding hydrogens is 550 g/mol. The third kappa shape index (κ3) is 6.03. The average molecular weight is 584 g/mol. The molecule has 0 unspecified atom stereocenters. The maximum absolute atomic E-state index is 13.4. The summed E-state index contributed by atoms with van der Waals surface area (Å²) in [6, 6.07) is 23.6. The Labute approximate surface area is 249 Å². The highest BCUT2D eigenvalue weighted by molar-refractivity contribution is 6.30. The number of benzene rings is 3. The molecule has 1 N–H and O–H groups in total. The topological polar surface area (TPSA) is 87.8 Å². The van der Waals surface area contributed by atoms with Gasteiger partial charge in [0.1, 0.15) is 5.82 Å². The number of aromatic nitrogens is 4. The fraction of sp³-hybridized carbons (Fsp3) is 0.312.